The highest BCUT2D eigenvalue weighted by molar-refractivity contribution is 9.11. The van der Waals surface area contributed by atoms with Gasteiger partial charge >= 0.3 is 0 Å². The molecule has 0 amide bonds. The molecule has 2 rings (SSSR count). The Labute approximate surface area is 121 Å². The summed E-state index contributed by atoms with van der Waals surface area (Å²) in [4.78, 5) is 0. The number of halogens is 4. The minimum absolute atomic E-state index is 0.243. The van der Waals surface area contributed by atoms with E-state index in [-0.39, 0.29) is 5.38 Å². The van der Waals surface area contributed by atoms with Crippen LogP contribution in [0.2, 0.25) is 10.0 Å². The van der Waals surface area contributed by atoms with Crippen molar-refractivity contribution in [2.75, 3.05) is 0 Å². The Bertz CT molecular complexity index is 510. The summed E-state index contributed by atoms with van der Waals surface area (Å²) >= 11 is 23.3. The molecule has 0 N–H and O–H groups in total. The first-order chi connectivity index (χ1) is 7.58. The van der Waals surface area contributed by atoms with E-state index in [1.54, 1.807) is 23.5 Å². The number of benzene rings is 1. The number of thiophene rings is 1. The first kappa shape index (κ1) is 12.7. The number of alkyl halides is 1. The third kappa shape index (κ3) is 2.74. The molecule has 0 saturated carbocycles. The molecule has 0 bridgehead atoms. The van der Waals surface area contributed by atoms with E-state index in [1.807, 2.05) is 17.5 Å². The molecule has 0 saturated heterocycles. The lowest BCUT2D eigenvalue weighted by Crippen LogP contribution is -1.92. The topological polar surface area (TPSA) is 0 Å². The van der Waals surface area contributed by atoms with Crippen LogP contribution in [0.15, 0.2) is 33.4 Å². The highest BCUT2D eigenvalue weighted by Gasteiger charge is 2.15. The fraction of sp³-hybridized carbons (Fsp3) is 0.0909. The fourth-order valence-electron chi connectivity index (χ4n) is 1.34. The predicted molar refractivity (Wildman–Crippen MR) is 76.2 cm³/mol. The Hall–Kier alpha value is 0.270. The first-order valence-electron chi connectivity index (χ1n) is 4.41. The average molecular weight is 356 g/mol. The van der Waals surface area contributed by atoms with Gasteiger partial charge in [-0.3, -0.25) is 0 Å². The molecule has 0 fully saturated rings. The lowest BCUT2D eigenvalue weighted by molar-refractivity contribution is 1.15. The maximum absolute atomic E-state index is 6.36. The lowest BCUT2D eigenvalue weighted by atomic mass is 10.1. The zero-order valence-electron chi connectivity index (χ0n) is 7.88. The number of hydrogen-bond donors (Lipinski definition) is 0. The van der Waals surface area contributed by atoms with Crippen molar-refractivity contribution in [1.82, 2.24) is 0 Å². The van der Waals surface area contributed by atoms with Crippen LogP contribution in [0.1, 0.15) is 16.5 Å². The lowest BCUT2D eigenvalue weighted by Gasteiger charge is -2.10. The molecule has 0 spiro atoms. The van der Waals surface area contributed by atoms with Crippen molar-refractivity contribution in [2.24, 2.45) is 0 Å². The van der Waals surface area contributed by atoms with E-state index in [9.17, 15) is 0 Å². The van der Waals surface area contributed by atoms with Crippen LogP contribution in [-0.2, 0) is 0 Å². The zero-order chi connectivity index (χ0) is 11.7. The average Bonchev–Trinajstić information content (AvgIpc) is 2.64. The number of hydrogen-bond acceptors (Lipinski definition) is 1. The van der Waals surface area contributed by atoms with Crippen LogP contribution in [0, 0.1) is 0 Å². The van der Waals surface area contributed by atoms with Crippen molar-refractivity contribution >= 4 is 62.1 Å². The predicted octanol–water partition coefficient (Wildman–Crippen LogP) is 6.15. The van der Waals surface area contributed by atoms with Gasteiger partial charge in [0, 0.05) is 10.0 Å². The SMILES string of the molecule is Clc1ccc(C(Cl)c2csc(Br)c2)c(Cl)c1. The third-order valence-electron chi connectivity index (χ3n) is 2.12. The molecule has 2 aromatic rings. The first-order valence-corrected chi connectivity index (χ1v) is 7.27. The van der Waals surface area contributed by atoms with E-state index < -0.39 is 0 Å². The summed E-state index contributed by atoms with van der Waals surface area (Å²) in [5, 5.41) is 2.97. The van der Waals surface area contributed by atoms with Crippen molar-refractivity contribution < 1.29 is 0 Å². The van der Waals surface area contributed by atoms with Gasteiger partial charge in [-0.15, -0.1) is 22.9 Å². The van der Waals surface area contributed by atoms with Gasteiger partial charge in [0.05, 0.1) is 9.16 Å². The molecular weight excluding hydrogens is 350 g/mol. The highest BCUT2D eigenvalue weighted by Crippen LogP contribution is 2.37. The summed E-state index contributed by atoms with van der Waals surface area (Å²) in [7, 11) is 0. The summed E-state index contributed by atoms with van der Waals surface area (Å²) < 4.78 is 1.05. The van der Waals surface area contributed by atoms with E-state index in [2.05, 4.69) is 15.9 Å². The molecule has 0 nitrogen and oxygen atoms in total. The Morgan fingerprint density at radius 3 is 2.50 bits per heavy atom. The van der Waals surface area contributed by atoms with Crippen molar-refractivity contribution in [3.8, 4) is 0 Å². The van der Waals surface area contributed by atoms with Gasteiger partial charge in [0.1, 0.15) is 0 Å². The molecule has 1 aromatic heterocycles. The molecule has 0 aliphatic heterocycles. The molecular formula is C11H6BrCl3S. The van der Waals surface area contributed by atoms with Crippen LogP contribution in [0.5, 0.6) is 0 Å². The molecule has 0 aliphatic rings. The smallest absolute Gasteiger partial charge is 0.0858 e. The molecule has 1 unspecified atom stereocenters. The molecule has 16 heavy (non-hydrogen) atoms. The van der Waals surface area contributed by atoms with Crippen LogP contribution in [-0.4, -0.2) is 0 Å². The molecule has 1 atom stereocenters. The normalized spacial score (nSPS) is 12.8. The summed E-state index contributed by atoms with van der Waals surface area (Å²) in [5.41, 5.74) is 1.90. The zero-order valence-corrected chi connectivity index (χ0v) is 12.6. The van der Waals surface area contributed by atoms with Gasteiger partial charge in [-0.2, -0.15) is 0 Å². The standard InChI is InChI=1S/C11H6BrCl3S/c12-10-3-6(5-16-10)11(15)8-2-1-7(13)4-9(8)14/h1-5,11H. The third-order valence-corrected chi connectivity index (χ3v) is 4.69. The van der Waals surface area contributed by atoms with Crippen LogP contribution < -0.4 is 0 Å². The van der Waals surface area contributed by atoms with E-state index in [0.29, 0.717) is 10.0 Å². The highest BCUT2D eigenvalue weighted by atomic mass is 79.9. The monoisotopic (exact) mass is 354 g/mol. The van der Waals surface area contributed by atoms with E-state index in [1.165, 1.54) is 0 Å². The van der Waals surface area contributed by atoms with E-state index in [4.69, 9.17) is 34.8 Å². The number of rotatable bonds is 2. The molecule has 1 aromatic carbocycles. The van der Waals surface area contributed by atoms with Crippen LogP contribution in [0.25, 0.3) is 0 Å². The van der Waals surface area contributed by atoms with Crippen LogP contribution in [0.3, 0.4) is 0 Å². The second-order valence-electron chi connectivity index (χ2n) is 3.21. The summed E-state index contributed by atoms with van der Waals surface area (Å²) in [6, 6.07) is 7.34. The van der Waals surface area contributed by atoms with Gasteiger partial charge in [0.25, 0.3) is 0 Å². The second-order valence-corrected chi connectivity index (χ2v) is 6.78. The molecule has 84 valence electrons. The largest absolute Gasteiger partial charge is 0.136 e. The summed E-state index contributed by atoms with van der Waals surface area (Å²) in [5.74, 6) is 0. The van der Waals surface area contributed by atoms with Crippen molar-refractivity contribution in [1.29, 1.82) is 0 Å². The Balaban J connectivity index is 2.37. The molecule has 0 aliphatic carbocycles. The van der Waals surface area contributed by atoms with E-state index in [0.717, 1.165) is 14.9 Å². The van der Waals surface area contributed by atoms with Crippen molar-refractivity contribution in [3.63, 3.8) is 0 Å². The van der Waals surface area contributed by atoms with Gasteiger partial charge in [-0.1, -0.05) is 29.3 Å². The van der Waals surface area contributed by atoms with Gasteiger partial charge in [0.15, 0.2) is 0 Å². The van der Waals surface area contributed by atoms with Crippen molar-refractivity contribution in [2.45, 2.75) is 5.38 Å². The minimum atomic E-state index is -0.243. The Morgan fingerprint density at radius 2 is 1.94 bits per heavy atom. The van der Waals surface area contributed by atoms with Gasteiger partial charge in [-0.05, 0) is 50.6 Å². The van der Waals surface area contributed by atoms with Crippen molar-refractivity contribution in [3.05, 3.63) is 54.6 Å². The van der Waals surface area contributed by atoms with Crippen LogP contribution >= 0.6 is 62.1 Å². The maximum atomic E-state index is 6.36. The van der Waals surface area contributed by atoms with Gasteiger partial charge in [0.2, 0.25) is 0 Å². The minimum Gasteiger partial charge on any atom is -0.136 e. The fourth-order valence-corrected chi connectivity index (χ4v) is 3.51. The molecule has 1 heterocycles. The van der Waals surface area contributed by atoms with Crippen LogP contribution in [0.4, 0.5) is 0 Å². The Kier molecular flexibility index (Phi) is 4.20. The Morgan fingerprint density at radius 1 is 1.19 bits per heavy atom. The summed E-state index contributed by atoms with van der Waals surface area (Å²) in [6.45, 7) is 0. The maximum Gasteiger partial charge on any atom is 0.0858 e. The quantitative estimate of drug-likeness (QED) is 0.567. The molecule has 0 radical (unpaired) electrons. The summed E-state index contributed by atoms with van der Waals surface area (Å²) in [6.07, 6.45) is 0. The molecule has 5 heteroatoms. The van der Waals surface area contributed by atoms with Gasteiger partial charge in [-0.25, -0.2) is 0 Å². The second kappa shape index (κ2) is 5.28. The van der Waals surface area contributed by atoms with E-state index >= 15 is 0 Å². The van der Waals surface area contributed by atoms with Gasteiger partial charge < -0.3 is 0 Å².